The molecule has 0 amide bonds. The van der Waals surface area contributed by atoms with Gasteiger partial charge in [-0.2, -0.15) is 0 Å². The molecule has 1 aliphatic heterocycles. The predicted molar refractivity (Wildman–Crippen MR) is 82.1 cm³/mol. The number of hydrogen-bond donors (Lipinski definition) is 1. The molecule has 0 radical (unpaired) electrons. The van der Waals surface area contributed by atoms with Crippen LogP contribution in [0.2, 0.25) is 0 Å². The fourth-order valence-electron chi connectivity index (χ4n) is 3.38. The number of likely N-dealkylation sites (tertiary alicyclic amines) is 1. The topological polar surface area (TPSA) is 32.7 Å². The van der Waals surface area contributed by atoms with Crippen molar-refractivity contribution in [2.75, 3.05) is 26.7 Å². The van der Waals surface area contributed by atoms with Crippen molar-refractivity contribution in [3.8, 4) is 0 Å². The molecule has 1 heterocycles. The van der Waals surface area contributed by atoms with Crippen molar-refractivity contribution in [2.45, 2.75) is 45.8 Å². The second-order valence-corrected chi connectivity index (χ2v) is 6.06. The highest BCUT2D eigenvalue weighted by molar-refractivity contribution is 5.39. The van der Waals surface area contributed by atoms with Crippen LogP contribution < -0.4 is 0 Å². The van der Waals surface area contributed by atoms with Crippen LogP contribution in [0.1, 0.15) is 41.2 Å². The summed E-state index contributed by atoms with van der Waals surface area (Å²) in [4.78, 5) is 2.35. The van der Waals surface area contributed by atoms with E-state index in [1.807, 2.05) is 0 Å². The Hall–Kier alpha value is -0.900. The zero-order valence-electron chi connectivity index (χ0n) is 13.1. The molecule has 1 aromatic rings. The number of benzene rings is 1. The summed E-state index contributed by atoms with van der Waals surface area (Å²) in [6.45, 7) is 9.04. The van der Waals surface area contributed by atoms with Crippen LogP contribution >= 0.6 is 0 Å². The van der Waals surface area contributed by atoms with E-state index in [2.05, 4.69) is 37.8 Å². The van der Waals surface area contributed by atoms with Crippen molar-refractivity contribution in [2.24, 2.45) is 0 Å². The summed E-state index contributed by atoms with van der Waals surface area (Å²) in [6.07, 6.45) is 2.13. The van der Waals surface area contributed by atoms with Gasteiger partial charge in [-0.25, -0.2) is 0 Å². The number of ether oxygens (including phenoxy) is 1. The number of aliphatic hydroxyl groups excluding tert-OH is 1. The van der Waals surface area contributed by atoms with Gasteiger partial charge in [0.1, 0.15) is 0 Å². The van der Waals surface area contributed by atoms with Gasteiger partial charge in [0.25, 0.3) is 0 Å². The molecule has 1 atom stereocenters. The quantitative estimate of drug-likeness (QED) is 0.918. The summed E-state index contributed by atoms with van der Waals surface area (Å²) in [6, 6.07) is 4.31. The number of rotatable bonds is 4. The molecular formula is C17H27NO2. The van der Waals surface area contributed by atoms with E-state index in [1.54, 1.807) is 7.11 Å². The monoisotopic (exact) mass is 277 g/mol. The Morgan fingerprint density at radius 3 is 2.25 bits per heavy atom. The van der Waals surface area contributed by atoms with E-state index in [1.165, 1.54) is 16.7 Å². The van der Waals surface area contributed by atoms with Crippen molar-refractivity contribution >= 4 is 0 Å². The zero-order valence-corrected chi connectivity index (χ0v) is 13.1. The molecule has 1 fully saturated rings. The van der Waals surface area contributed by atoms with Crippen LogP contribution in [0.25, 0.3) is 0 Å². The van der Waals surface area contributed by atoms with E-state index in [4.69, 9.17) is 4.74 Å². The van der Waals surface area contributed by atoms with Gasteiger partial charge in [0.05, 0.1) is 12.2 Å². The van der Waals surface area contributed by atoms with Crippen LogP contribution in [0, 0.1) is 20.8 Å². The summed E-state index contributed by atoms with van der Waals surface area (Å²) in [5.74, 6) is 0. The second kappa shape index (κ2) is 6.70. The van der Waals surface area contributed by atoms with E-state index in [0.717, 1.165) is 38.0 Å². The Morgan fingerprint density at radius 2 is 1.75 bits per heavy atom. The first-order chi connectivity index (χ1) is 9.51. The molecule has 1 aliphatic rings. The lowest BCUT2D eigenvalue weighted by Crippen LogP contribution is -2.39. The van der Waals surface area contributed by atoms with Crippen LogP contribution in [-0.2, 0) is 4.74 Å². The molecule has 112 valence electrons. The lowest BCUT2D eigenvalue weighted by molar-refractivity contribution is 0.0240. The third kappa shape index (κ3) is 3.60. The van der Waals surface area contributed by atoms with Gasteiger partial charge in [0.15, 0.2) is 0 Å². The standard InChI is InChI=1S/C17H27NO2/c1-12-9-13(2)17(14(3)10-12)16(19)11-18-7-5-15(20-4)6-8-18/h9-10,15-16,19H,5-8,11H2,1-4H3. The minimum atomic E-state index is -0.394. The van der Waals surface area contributed by atoms with Crippen LogP contribution in [0.4, 0.5) is 0 Å². The molecule has 0 spiro atoms. The maximum absolute atomic E-state index is 10.6. The van der Waals surface area contributed by atoms with Crippen molar-refractivity contribution in [3.63, 3.8) is 0 Å². The first kappa shape index (κ1) is 15.5. The molecule has 0 aliphatic carbocycles. The molecule has 3 nitrogen and oxygen atoms in total. The van der Waals surface area contributed by atoms with E-state index in [9.17, 15) is 5.11 Å². The number of methoxy groups -OCH3 is 1. The molecule has 1 unspecified atom stereocenters. The first-order valence-electron chi connectivity index (χ1n) is 7.52. The maximum Gasteiger partial charge on any atom is 0.0922 e. The van der Waals surface area contributed by atoms with Crippen LogP contribution in [0.15, 0.2) is 12.1 Å². The highest BCUT2D eigenvalue weighted by atomic mass is 16.5. The van der Waals surface area contributed by atoms with Crippen LogP contribution in [-0.4, -0.2) is 42.9 Å². The van der Waals surface area contributed by atoms with Gasteiger partial charge in [-0.1, -0.05) is 17.7 Å². The van der Waals surface area contributed by atoms with E-state index < -0.39 is 6.10 Å². The fraction of sp³-hybridized carbons (Fsp3) is 0.647. The average molecular weight is 277 g/mol. The largest absolute Gasteiger partial charge is 0.387 e. The third-order valence-electron chi connectivity index (χ3n) is 4.37. The van der Waals surface area contributed by atoms with Crippen molar-refractivity contribution in [3.05, 3.63) is 34.4 Å². The van der Waals surface area contributed by atoms with E-state index in [-0.39, 0.29) is 0 Å². The maximum atomic E-state index is 10.6. The Balaban J connectivity index is 2.00. The number of β-amino-alcohol motifs (C(OH)–C–C–N with tert-alkyl or cyclic N) is 1. The number of hydrogen-bond acceptors (Lipinski definition) is 3. The number of aryl methyl sites for hydroxylation is 3. The fourth-order valence-corrected chi connectivity index (χ4v) is 3.38. The summed E-state index contributed by atoms with van der Waals surface area (Å²) in [5, 5.41) is 10.6. The summed E-state index contributed by atoms with van der Waals surface area (Å²) in [5.41, 5.74) is 4.75. The van der Waals surface area contributed by atoms with Gasteiger partial charge in [-0.15, -0.1) is 0 Å². The Kier molecular flexibility index (Phi) is 5.19. The third-order valence-corrected chi connectivity index (χ3v) is 4.37. The molecule has 1 N–H and O–H groups in total. The van der Waals surface area contributed by atoms with Crippen molar-refractivity contribution in [1.29, 1.82) is 0 Å². The Labute approximate surface area is 122 Å². The van der Waals surface area contributed by atoms with Gasteiger partial charge >= 0.3 is 0 Å². The SMILES string of the molecule is COC1CCN(CC(O)c2c(C)cc(C)cc2C)CC1. The molecule has 0 bridgehead atoms. The van der Waals surface area contributed by atoms with Gasteiger partial charge in [0.2, 0.25) is 0 Å². The zero-order chi connectivity index (χ0) is 14.7. The number of aliphatic hydroxyl groups is 1. The van der Waals surface area contributed by atoms with Crippen LogP contribution in [0.3, 0.4) is 0 Å². The second-order valence-electron chi connectivity index (χ2n) is 6.06. The van der Waals surface area contributed by atoms with Gasteiger partial charge < -0.3 is 14.7 Å². The van der Waals surface area contributed by atoms with E-state index >= 15 is 0 Å². The van der Waals surface area contributed by atoms with Crippen molar-refractivity contribution in [1.82, 2.24) is 4.90 Å². The highest BCUT2D eigenvalue weighted by Gasteiger charge is 2.22. The highest BCUT2D eigenvalue weighted by Crippen LogP contribution is 2.25. The number of nitrogens with zero attached hydrogens (tertiary/aromatic N) is 1. The minimum absolute atomic E-state index is 0.394. The van der Waals surface area contributed by atoms with Crippen LogP contribution in [0.5, 0.6) is 0 Å². The van der Waals surface area contributed by atoms with Gasteiger partial charge in [0, 0.05) is 26.7 Å². The van der Waals surface area contributed by atoms with Gasteiger partial charge in [-0.3, -0.25) is 0 Å². The minimum Gasteiger partial charge on any atom is -0.387 e. The number of piperidine rings is 1. The lowest BCUT2D eigenvalue weighted by Gasteiger charge is -2.33. The predicted octanol–water partition coefficient (Wildman–Crippen LogP) is 2.76. The average Bonchev–Trinajstić information content (AvgIpc) is 2.38. The Morgan fingerprint density at radius 1 is 1.20 bits per heavy atom. The molecule has 1 saturated heterocycles. The normalized spacial score (nSPS) is 19.2. The molecule has 2 rings (SSSR count). The first-order valence-corrected chi connectivity index (χ1v) is 7.52. The molecule has 20 heavy (non-hydrogen) atoms. The van der Waals surface area contributed by atoms with Crippen molar-refractivity contribution < 1.29 is 9.84 Å². The Bertz CT molecular complexity index is 427. The summed E-state index contributed by atoms with van der Waals surface area (Å²) in [7, 11) is 1.79. The molecule has 1 aromatic carbocycles. The molecule has 0 aromatic heterocycles. The summed E-state index contributed by atoms with van der Waals surface area (Å²) < 4.78 is 5.39. The molecule has 3 heteroatoms. The summed E-state index contributed by atoms with van der Waals surface area (Å²) >= 11 is 0. The lowest BCUT2D eigenvalue weighted by atomic mass is 9.95. The smallest absolute Gasteiger partial charge is 0.0922 e. The molecular weight excluding hydrogens is 250 g/mol. The van der Waals surface area contributed by atoms with E-state index in [0.29, 0.717) is 6.10 Å². The molecule has 0 saturated carbocycles. The van der Waals surface area contributed by atoms with Gasteiger partial charge in [-0.05, 0) is 50.3 Å².